The number of carbonyl (C=O) groups is 2. The predicted molar refractivity (Wildman–Crippen MR) is 99.4 cm³/mol. The maximum Gasteiger partial charge on any atom is 0.239 e. The van der Waals surface area contributed by atoms with Crippen molar-refractivity contribution in [3.05, 3.63) is 59.7 Å². The first-order chi connectivity index (χ1) is 12.6. The number of carbonyl (C=O) groups excluding carboxylic acids is 2. The normalized spacial score (nSPS) is 10.1. The van der Waals surface area contributed by atoms with E-state index in [1.165, 1.54) is 0 Å². The Hall–Kier alpha value is -3.02. The second-order valence-corrected chi connectivity index (χ2v) is 5.75. The molecule has 26 heavy (non-hydrogen) atoms. The summed E-state index contributed by atoms with van der Waals surface area (Å²) in [5.74, 6) is 1.03. The highest BCUT2D eigenvalue weighted by atomic mass is 16.5. The van der Waals surface area contributed by atoms with Crippen molar-refractivity contribution < 1.29 is 19.1 Å². The van der Waals surface area contributed by atoms with E-state index in [9.17, 15) is 9.59 Å². The highest BCUT2D eigenvalue weighted by molar-refractivity contribution is 5.85. The van der Waals surface area contributed by atoms with Gasteiger partial charge in [-0.2, -0.15) is 0 Å². The summed E-state index contributed by atoms with van der Waals surface area (Å²) in [6.45, 7) is 2.61. The fraction of sp³-hybridized carbons (Fsp3) is 0.300. The van der Waals surface area contributed by atoms with Crippen LogP contribution in [0.1, 0.15) is 11.1 Å². The van der Waals surface area contributed by atoms with Crippen molar-refractivity contribution in [3.8, 4) is 11.5 Å². The summed E-state index contributed by atoms with van der Waals surface area (Å²) in [6, 6.07) is 14.9. The van der Waals surface area contributed by atoms with E-state index in [1.807, 2.05) is 31.2 Å². The van der Waals surface area contributed by atoms with E-state index in [-0.39, 0.29) is 24.8 Å². The molecule has 0 aromatic heterocycles. The first kappa shape index (κ1) is 19.3. The molecular weight excluding hydrogens is 332 g/mol. The molecule has 0 heterocycles. The molecule has 0 atom stereocenters. The summed E-state index contributed by atoms with van der Waals surface area (Å²) in [7, 11) is 1.60. The fourth-order valence-corrected chi connectivity index (χ4v) is 2.32. The Morgan fingerprint density at radius 2 is 1.62 bits per heavy atom. The standard InChI is InChI=1S/C20H24N2O4/c1-15-5-3-4-6-16(15)13-19(23)22-14-20(24)21-11-12-26-18-9-7-17(25-2)8-10-18/h3-10H,11-14H2,1-2H3,(H,21,24)(H,22,23). The Balaban J connectivity index is 1.61. The van der Waals surface area contributed by atoms with E-state index >= 15 is 0 Å². The minimum atomic E-state index is -0.249. The highest BCUT2D eigenvalue weighted by Crippen LogP contribution is 2.16. The molecule has 0 saturated carbocycles. The van der Waals surface area contributed by atoms with Gasteiger partial charge in [0, 0.05) is 0 Å². The SMILES string of the molecule is COc1ccc(OCCNC(=O)CNC(=O)Cc2ccccc2C)cc1. The number of amides is 2. The lowest BCUT2D eigenvalue weighted by Gasteiger charge is -2.09. The molecule has 6 heteroatoms. The lowest BCUT2D eigenvalue weighted by atomic mass is 10.1. The van der Waals surface area contributed by atoms with Gasteiger partial charge in [0.2, 0.25) is 11.8 Å². The van der Waals surface area contributed by atoms with Crippen molar-refractivity contribution in [1.82, 2.24) is 10.6 Å². The Labute approximate surface area is 153 Å². The Bertz CT molecular complexity index is 729. The van der Waals surface area contributed by atoms with Crippen molar-refractivity contribution in [1.29, 1.82) is 0 Å². The molecule has 0 unspecified atom stereocenters. The van der Waals surface area contributed by atoms with Gasteiger partial charge in [0.05, 0.1) is 26.6 Å². The lowest BCUT2D eigenvalue weighted by Crippen LogP contribution is -2.39. The molecule has 0 spiro atoms. The molecule has 0 radical (unpaired) electrons. The van der Waals surface area contributed by atoms with Gasteiger partial charge in [0.1, 0.15) is 18.1 Å². The number of hydrogen-bond donors (Lipinski definition) is 2. The number of aryl methyl sites for hydroxylation is 1. The Morgan fingerprint density at radius 3 is 2.31 bits per heavy atom. The van der Waals surface area contributed by atoms with E-state index in [0.29, 0.717) is 18.9 Å². The van der Waals surface area contributed by atoms with Crippen molar-refractivity contribution >= 4 is 11.8 Å². The number of rotatable bonds is 9. The molecule has 0 aliphatic heterocycles. The number of benzene rings is 2. The number of ether oxygens (including phenoxy) is 2. The predicted octanol–water partition coefficient (Wildman–Crippen LogP) is 1.86. The van der Waals surface area contributed by atoms with Gasteiger partial charge in [-0.25, -0.2) is 0 Å². The van der Waals surface area contributed by atoms with E-state index < -0.39 is 0 Å². The van der Waals surface area contributed by atoms with Gasteiger partial charge >= 0.3 is 0 Å². The minimum absolute atomic E-state index is 0.0484. The smallest absolute Gasteiger partial charge is 0.239 e. The largest absolute Gasteiger partial charge is 0.497 e. The zero-order chi connectivity index (χ0) is 18.8. The molecule has 2 rings (SSSR count). The summed E-state index contributed by atoms with van der Waals surface area (Å²) in [5, 5.41) is 5.33. The van der Waals surface area contributed by atoms with Crippen LogP contribution in [-0.2, 0) is 16.0 Å². The van der Waals surface area contributed by atoms with Crippen LogP contribution in [-0.4, -0.2) is 38.6 Å². The van der Waals surface area contributed by atoms with Crippen LogP contribution in [0.15, 0.2) is 48.5 Å². The fourth-order valence-electron chi connectivity index (χ4n) is 2.32. The first-order valence-electron chi connectivity index (χ1n) is 8.43. The van der Waals surface area contributed by atoms with Gasteiger partial charge in [-0.3, -0.25) is 9.59 Å². The van der Waals surface area contributed by atoms with Crippen LogP contribution < -0.4 is 20.1 Å². The lowest BCUT2D eigenvalue weighted by molar-refractivity contribution is -0.125. The topological polar surface area (TPSA) is 76.7 Å². The Kier molecular flexibility index (Phi) is 7.49. The van der Waals surface area contributed by atoms with Crippen LogP contribution in [0.3, 0.4) is 0 Å². The van der Waals surface area contributed by atoms with Crippen LogP contribution in [0.2, 0.25) is 0 Å². The number of hydrogen-bond acceptors (Lipinski definition) is 4. The van der Waals surface area contributed by atoms with E-state index in [4.69, 9.17) is 9.47 Å². The van der Waals surface area contributed by atoms with Gasteiger partial charge in [-0.05, 0) is 42.3 Å². The zero-order valence-electron chi connectivity index (χ0n) is 15.1. The summed E-state index contributed by atoms with van der Waals surface area (Å²) in [4.78, 5) is 23.7. The van der Waals surface area contributed by atoms with E-state index in [0.717, 1.165) is 16.9 Å². The van der Waals surface area contributed by atoms with Crippen LogP contribution in [0, 0.1) is 6.92 Å². The van der Waals surface area contributed by atoms with Gasteiger partial charge in [0.15, 0.2) is 0 Å². The number of nitrogens with one attached hydrogen (secondary N) is 2. The molecule has 0 aliphatic rings. The average molecular weight is 356 g/mol. The minimum Gasteiger partial charge on any atom is -0.497 e. The first-order valence-corrected chi connectivity index (χ1v) is 8.43. The summed E-state index contributed by atoms with van der Waals surface area (Å²) >= 11 is 0. The molecule has 0 saturated heterocycles. The van der Waals surface area contributed by atoms with Crippen molar-refractivity contribution in [2.45, 2.75) is 13.3 Å². The number of methoxy groups -OCH3 is 1. The third kappa shape index (κ3) is 6.47. The third-order valence-electron chi connectivity index (χ3n) is 3.81. The highest BCUT2D eigenvalue weighted by Gasteiger charge is 2.07. The summed E-state index contributed by atoms with van der Waals surface area (Å²) < 4.78 is 10.6. The zero-order valence-corrected chi connectivity index (χ0v) is 15.1. The van der Waals surface area contributed by atoms with Gasteiger partial charge in [-0.1, -0.05) is 24.3 Å². The quantitative estimate of drug-likeness (QED) is 0.673. The molecule has 0 fully saturated rings. The molecule has 0 aliphatic carbocycles. The average Bonchev–Trinajstić information content (AvgIpc) is 2.66. The molecule has 2 aromatic carbocycles. The molecule has 138 valence electrons. The second kappa shape index (κ2) is 10.1. The summed E-state index contributed by atoms with van der Waals surface area (Å²) in [5.41, 5.74) is 2.01. The van der Waals surface area contributed by atoms with Gasteiger partial charge < -0.3 is 20.1 Å². The van der Waals surface area contributed by atoms with Gasteiger partial charge in [-0.15, -0.1) is 0 Å². The third-order valence-corrected chi connectivity index (χ3v) is 3.81. The van der Waals surface area contributed by atoms with E-state index in [2.05, 4.69) is 10.6 Å². The van der Waals surface area contributed by atoms with Crippen molar-refractivity contribution in [3.63, 3.8) is 0 Å². The monoisotopic (exact) mass is 356 g/mol. The maximum absolute atomic E-state index is 11.9. The molecule has 2 N–H and O–H groups in total. The van der Waals surface area contributed by atoms with Crippen molar-refractivity contribution in [2.75, 3.05) is 26.8 Å². The van der Waals surface area contributed by atoms with Crippen LogP contribution in [0.5, 0.6) is 11.5 Å². The molecule has 6 nitrogen and oxygen atoms in total. The molecule has 2 aromatic rings. The van der Waals surface area contributed by atoms with Crippen LogP contribution in [0.4, 0.5) is 0 Å². The molecule has 2 amide bonds. The second-order valence-electron chi connectivity index (χ2n) is 5.75. The van der Waals surface area contributed by atoms with E-state index in [1.54, 1.807) is 31.4 Å². The van der Waals surface area contributed by atoms with Crippen LogP contribution >= 0.6 is 0 Å². The van der Waals surface area contributed by atoms with Crippen molar-refractivity contribution in [2.24, 2.45) is 0 Å². The van der Waals surface area contributed by atoms with Crippen LogP contribution in [0.25, 0.3) is 0 Å². The maximum atomic E-state index is 11.9. The van der Waals surface area contributed by atoms with Gasteiger partial charge in [0.25, 0.3) is 0 Å². The molecular formula is C20H24N2O4. The Morgan fingerprint density at radius 1 is 0.923 bits per heavy atom. The molecule has 0 bridgehead atoms. The summed E-state index contributed by atoms with van der Waals surface area (Å²) in [6.07, 6.45) is 0.264.